The quantitative estimate of drug-likeness (QED) is 0.873. The summed E-state index contributed by atoms with van der Waals surface area (Å²) in [7, 11) is 0. The molecule has 1 unspecified atom stereocenters. The van der Waals surface area contributed by atoms with Crippen LogP contribution in [0.1, 0.15) is 44.4 Å². The van der Waals surface area contributed by atoms with E-state index in [1.165, 1.54) is 30.6 Å². The van der Waals surface area contributed by atoms with Crippen LogP contribution in [-0.2, 0) is 0 Å². The van der Waals surface area contributed by atoms with Crippen LogP contribution in [0.15, 0.2) is 24.3 Å². The second kappa shape index (κ2) is 6.06. The van der Waals surface area contributed by atoms with E-state index in [-0.39, 0.29) is 0 Å². The molecule has 0 aromatic heterocycles. The Balaban J connectivity index is 2.04. The van der Waals surface area contributed by atoms with Crippen molar-refractivity contribution in [2.45, 2.75) is 40.2 Å². The normalized spacial score (nSPS) is 20.6. The van der Waals surface area contributed by atoms with Gasteiger partial charge in [-0.3, -0.25) is 0 Å². The molecule has 0 spiro atoms. The number of likely N-dealkylation sites (tertiary alicyclic amines) is 1. The number of nitrogens with one attached hydrogen (secondary N) is 1. The molecule has 0 radical (unpaired) electrons. The lowest BCUT2D eigenvalue weighted by atomic mass is 9.93. The number of nitrogens with zero attached hydrogens (tertiary/aromatic N) is 1. The van der Waals surface area contributed by atoms with Crippen LogP contribution in [-0.4, -0.2) is 31.1 Å². The maximum atomic E-state index is 3.64. The van der Waals surface area contributed by atoms with Crippen molar-refractivity contribution < 1.29 is 0 Å². The zero-order valence-electron chi connectivity index (χ0n) is 12.9. The fourth-order valence-electron chi connectivity index (χ4n) is 3.06. The van der Waals surface area contributed by atoms with Gasteiger partial charge in [0.1, 0.15) is 0 Å². The molecule has 1 aliphatic rings. The van der Waals surface area contributed by atoms with Gasteiger partial charge in [-0.1, -0.05) is 50.6 Å². The molecule has 1 heterocycles. The van der Waals surface area contributed by atoms with Gasteiger partial charge in [-0.15, -0.1) is 0 Å². The highest BCUT2D eigenvalue weighted by Gasteiger charge is 2.30. The van der Waals surface area contributed by atoms with Crippen molar-refractivity contribution in [2.24, 2.45) is 5.41 Å². The van der Waals surface area contributed by atoms with Gasteiger partial charge in [0.15, 0.2) is 0 Å². The van der Waals surface area contributed by atoms with Crippen LogP contribution < -0.4 is 5.32 Å². The largest absolute Gasteiger partial charge is 0.309 e. The monoisotopic (exact) mass is 260 g/mol. The van der Waals surface area contributed by atoms with Crippen LogP contribution in [0, 0.1) is 12.3 Å². The standard InChI is InChI=1S/C17H28N2/c1-5-18-16(15-8-6-7-14(2)11-15)12-19-10-9-17(3,4)13-19/h6-8,11,16,18H,5,9-10,12-13H2,1-4H3. The van der Waals surface area contributed by atoms with Gasteiger partial charge in [0, 0.05) is 19.1 Å². The molecule has 1 fully saturated rings. The molecule has 1 aliphatic heterocycles. The molecule has 0 bridgehead atoms. The molecule has 2 heteroatoms. The lowest BCUT2D eigenvalue weighted by molar-refractivity contribution is 0.262. The zero-order chi connectivity index (χ0) is 13.9. The molecule has 2 nitrogen and oxygen atoms in total. The summed E-state index contributed by atoms with van der Waals surface area (Å²) >= 11 is 0. The molecular weight excluding hydrogens is 232 g/mol. The highest BCUT2D eigenvalue weighted by molar-refractivity contribution is 5.25. The number of hydrogen-bond donors (Lipinski definition) is 1. The van der Waals surface area contributed by atoms with Crippen molar-refractivity contribution in [1.29, 1.82) is 0 Å². The molecule has 19 heavy (non-hydrogen) atoms. The Morgan fingerprint density at radius 1 is 1.37 bits per heavy atom. The van der Waals surface area contributed by atoms with E-state index in [1.807, 2.05) is 0 Å². The zero-order valence-corrected chi connectivity index (χ0v) is 12.9. The smallest absolute Gasteiger partial charge is 0.0449 e. The molecule has 2 rings (SSSR count). The van der Waals surface area contributed by atoms with Gasteiger partial charge in [-0.25, -0.2) is 0 Å². The fraction of sp³-hybridized carbons (Fsp3) is 0.647. The SMILES string of the molecule is CCNC(CN1CCC(C)(C)C1)c1cccc(C)c1. The first-order valence-corrected chi connectivity index (χ1v) is 7.52. The maximum Gasteiger partial charge on any atom is 0.0449 e. The summed E-state index contributed by atoms with van der Waals surface area (Å²) in [6, 6.07) is 9.36. The van der Waals surface area contributed by atoms with Crippen LogP contribution in [0.4, 0.5) is 0 Å². The van der Waals surface area contributed by atoms with E-state index in [0.29, 0.717) is 11.5 Å². The Morgan fingerprint density at radius 3 is 2.74 bits per heavy atom. The summed E-state index contributed by atoms with van der Waals surface area (Å²) in [6.45, 7) is 13.7. The van der Waals surface area contributed by atoms with Crippen molar-refractivity contribution in [1.82, 2.24) is 10.2 Å². The molecule has 1 N–H and O–H groups in total. The predicted molar refractivity (Wildman–Crippen MR) is 82.4 cm³/mol. The van der Waals surface area contributed by atoms with Crippen LogP contribution >= 0.6 is 0 Å². The Labute approximate surface area is 118 Å². The summed E-state index contributed by atoms with van der Waals surface area (Å²) in [5, 5.41) is 3.64. The van der Waals surface area contributed by atoms with Gasteiger partial charge in [0.2, 0.25) is 0 Å². The van der Waals surface area contributed by atoms with Gasteiger partial charge in [-0.05, 0) is 37.4 Å². The number of benzene rings is 1. The minimum absolute atomic E-state index is 0.457. The van der Waals surface area contributed by atoms with E-state index in [1.54, 1.807) is 0 Å². The molecule has 1 saturated heterocycles. The Hall–Kier alpha value is -0.860. The average molecular weight is 260 g/mol. The third-order valence-corrected chi connectivity index (χ3v) is 4.09. The molecule has 0 saturated carbocycles. The van der Waals surface area contributed by atoms with E-state index in [2.05, 4.69) is 62.2 Å². The second-order valence-electron chi connectivity index (χ2n) is 6.67. The third-order valence-electron chi connectivity index (χ3n) is 4.09. The third kappa shape index (κ3) is 4.05. The van der Waals surface area contributed by atoms with Gasteiger partial charge < -0.3 is 10.2 Å². The first kappa shape index (κ1) is 14.5. The fourth-order valence-corrected chi connectivity index (χ4v) is 3.06. The van der Waals surface area contributed by atoms with Crippen molar-refractivity contribution in [3.8, 4) is 0 Å². The number of rotatable bonds is 5. The van der Waals surface area contributed by atoms with Gasteiger partial charge >= 0.3 is 0 Å². The lowest BCUT2D eigenvalue weighted by Gasteiger charge is -2.26. The van der Waals surface area contributed by atoms with Crippen LogP contribution in [0.25, 0.3) is 0 Å². The summed E-state index contributed by atoms with van der Waals surface area (Å²) in [5.74, 6) is 0. The van der Waals surface area contributed by atoms with Crippen molar-refractivity contribution in [3.63, 3.8) is 0 Å². The van der Waals surface area contributed by atoms with Crippen molar-refractivity contribution in [2.75, 3.05) is 26.2 Å². The molecule has 1 aromatic carbocycles. The lowest BCUT2D eigenvalue weighted by Crippen LogP contribution is -2.34. The number of aryl methyl sites for hydroxylation is 1. The predicted octanol–water partition coefficient (Wildman–Crippen LogP) is 3.38. The highest BCUT2D eigenvalue weighted by atomic mass is 15.2. The topological polar surface area (TPSA) is 15.3 Å². The molecule has 1 aromatic rings. The molecular formula is C17H28N2. The van der Waals surface area contributed by atoms with E-state index in [9.17, 15) is 0 Å². The first-order valence-electron chi connectivity index (χ1n) is 7.52. The first-order chi connectivity index (χ1) is 9.00. The average Bonchev–Trinajstić information content (AvgIpc) is 2.68. The van der Waals surface area contributed by atoms with E-state index in [0.717, 1.165) is 13.1 Å². The maximum absolute atomic E-state index is 3.64. The van der Waals surface area contributed by atoms with E-state index >= 15 is 0 Å². The van der Waals surface area contributed by atoms with Gasteiger partial charge in [0.25, 0.3) is 0 Å². The van der Waals surface area contributed by atoms with E-state index in [4.69, 9.17) is 0 Å². The minimum atomic E-state index is 0.457. The summed E-state index contributed by atoms with van der Waals surface area (Å²) in [4.78, 5) is 2.61. The van der Waals surface area contributed by atoms with E-state index < -0.39 is 0 Å². The molecule has 0 amide bonds. The Morgan fingerprint density at radius 2 is 2.16 bits per heavy atom. The van der Waals surface area contributed by atoms with Gasteiger partial charge in [-0.2, -0.15) is 0 Å². The molecule has 106 valence electrons. The highest BCUT2D eigenvalue weighted by Crippen LogP contribution is 2.30. The van der Waals surface area contributed by atoms with Crippen LogP contribution in [0.3, 0.4) is 0 Å². The number of likely N-dealkylation sites (N-methyl/N-ethyl adjacent to an activating group) is 1. The molecule has 0 aliphatic carbocycles. The molecule has 1 atom stereocenters. The van der Waals surface area contributed by atoms with Crippen molar-refractivity contribution >= 4 is 0 Å². The number of hydrogen-bond acceptors (Lipinski definition) is 2. The van der Waals surface area contributed by atoms with Crippen molar-refractivity contribution in [3.05, 3.63) is 35.4 Å². The van der Waals surface area contributed by atoms with Gasteiger partial charge in [0.05, 0.1) is 0 Å². The summed E-state index contributed by atoms with van der Waals surface area (Å²) in [6.07, 6.45) is 1.32. The summed E-state index contributed by atoms with van der Waals surface area (Å²) < 4.78 is 0. The minimum Gasteiger partial charge on any atom is -0.309 e. The van der Waals surface area contributed by atoms with Crippen LogP contribution in [0.5, 0.6) is 0 Å². The Kier molecular flexibility index (Phi) is 4.64. The van der Waals surface area contributed by atoms with Crippen LogP contribution in [0.2, 0.25) is 0 Å². The second-order valence-corrected chi connectivity index (χ2v) is 6.67. The summed E-state index contributed by atoms with van der Waals surface area (Å²) in [5.41, 5.74) is 3.26. The Bertz CT molecular complexity index is 411.